The van der Waals surface area contributed by atoms with Gasteiger partial charge in [0, 0.05) is 6.42 Å². The summed E-state index contributed by atoms with van der Waals surface area (Å²) in [6.45, 7) is 5.10. The average molecular weight is 386 g/mol. The lowest BCUT2D eigenvalue weighted by molar-refractivity contribution is -0.136. The van der Waals surface area contributed by atoms with Crippen LogP contribution in [-0.2, 0) is 16.0 Å². The Labute approximate surface area is 165 Å². The lowest BCUT2D eigenvalue weighted by Crippen LogP contribution is -2.05. The van der Waals surface area contributed by atoms with E-state index < -0.39 is 5.97 Å². The first-order valence-corrected chi connectivity index (χ1v) is 9.17. The van der Waals surface area contributed by atoms with Crippen molar-refractivity contribution in [3.63, 3.8) is 0 Å². The molecule has 2 aromatic rings. The van der Waals surface area contributed by atoms with Crippen molar-refractivity contribution in [3.05, 3.63) is 59.4 Å². The summed E-state index contributed by atoms with van der Waals surface area (Å²) >= 11 is 0. The Morgan fingerprint density at radius 2 is 1.75 bits per heavy atom. The van der Waals surface area contributed by atoms with Gasteiger partial charge >= 0.3 is 5.97 Å². The SMILES string of the molecule is CCO/C(=C/c1ccc(OCCc2ccc(OCC)cc2)c(OC)c1)C(=O)O. The number of ether oxygens (including phenoxy) is 4. The summed E-state index contributed by atoms with van der Waals surface area (Å²) in [7, 11) is 1.54. The number of hydrogen-bond acceptors (Lipinski definition) is 5. The van der Waals surface area contributed by atoms with E-state index in [-0.39, 0.29) is 12.4 Å². The van der Waals surface area contributed by atoms with Crippen LogP contribution in [-0.4, -0.2) is 38.0 Å². The Morgan fingerprint density at radius 3 is 2.36 bits per heavy atom. The number of rotatable bonds is 11. The molecule has 0 aromatic heterocycles. The van der Waals surface area contributed by atoms with Gasteiger partial charge in [-0.15, -0.1) is 0 Å². The summed E-state index contributed by atoms with van der Waals surface area (Å²) in [5.41, 5.74) is 1.80. The van der Waals surface area contributed by atoms with Crippen LogP contribution in [0.5, 0.6) is 17.2 Å². The zero-order chi connectivity index (χ0) is 20.4. The van der Waals surface area contributed by atoms with Gasteiger partial charge in [-0.05, 0) is 55.3 Å². The summed E-state index contributed by atoms with van der Waals surface area (Å²) in [4.78, 5) is 11.2. The van der Waals surface area contributed by atoms with Crippen LogP contribution in [0.2, 0.25) is 0 Å². The first kappa shape index (κ1) is 21.2. The number of aliphatic carboxylic acids is 1. The topological polar surface area (TPSA) is 74.2 Å². The second kappa shape index (κ2) is 10.9. The molecule has 0 spiro atoms. The second-order valence-electron chi connectivity index (χ2n) is 5.83. The van der Waals surface area contributed by atoms with E-state index in [4.69, 9.17) is 24.1 Å². The van der Waals surface area contributed by atoms with E-state index in [9.17, 15) is 4.79 Å². The minimum Gasteiger partial charge on any atom is -0.494 e. The van der Waals surface area contributed by atoms with Crippen LogP contribution in [0.15, 0.2) is 48.2 Å². The van der Waals surface area contributed by atoms with Crippen molar-refractivity contribution in [2.24, 2.45) is 0 Å². The summed E-state index contributed by atoms with van der Waals surface area (Å²) in [5.74, 6) is 0.746. The lowest BCUT2D eigenvalue weighted by Gasteiger charge is -2.12. The monoisotopic (exact) mass is 386 g/mol. The minimum atomic E-state index is -1.11. The largest absolute Gasteiger partial charge is 0.494 e. The predicted molar refractivity (Wildman–Crippen MR) is 107 cm³/mol. The normalized spacial score (nSPS) is 11.0. The van der Waals surface area contributed by atoms with E-state index in [0.29, 0.717) is 30.3 Å². The molecule has 0 aliphatic rings. The zero-order valence-corrected chi connectivity index (χ0v) is 16.4. The van der Waals surface area contributed by atoms with Crippen LogP contribution >= 0.6 is 0 Å². The van der Waals surface area contributed by atoms with Gasteiger partial charge in [-0.3, -0.25) is 0 Å². The highest BCUT2D eigenvalue weighted by atomic mass is 16.5. The van der Waals surface area contributed by atoms with Crippen LogP contribution < -0.4 is 14.2 Å². The van der Waals surface area contributed by atoms with E-state index in [1.807, 2.05) is 31.2 Å². The molecule has 0 saturated heterocycles. The van der Waals surface area contributed by atoms with Crippen molar-refractivity contribution >= 4 is 12.0 Å². The summed E-state index contributed by atoms with van der Waals surface area (Å²) in [6.07, 6.45) is 2.20. The molecule has 0 radical (unpaired) electrons. The number of carboxylic acids is 1. The Kier molecular flexibility index (Phi) is 8.21. The van der Waals surface area contributed by atoms with Gasteiger partial charge in [0.1, 0.15) is 5.75 Å². The number of carbonyl (C=O) groups is 1. The highest BCUT2D eigenvalue weighted by Crippen LogP contribution is 2.29. The smallest absolute Gasteiger partial charge is 0.371 e. The molecular formula is C22H26O6. The van der Waals surface area contributed by atoms with Crippen molar-refractivity contribution in [1.82, 2.24) is 0 Å². The van der Waals surface area contributed by atoms with Gasteiger partial charge in [-0.1, -0.05) is 18.2 Å². The molecule has 0 heterocycles. The van der Waals surface area contributed by atoms with Gasteiger partial charge in [0.2, 0.25) is 5.76 Å². The zero-order valence-electron chi connectivity index (χ0n) is 16.4. The Bertz CT molecular complexity index is 795. The van der Waals surface area contributed by atoms with Gasteiger partial charge in [-0.2, -0.15) is 0 Å². The maximum atomic E-state index is 11.2. The summed E-state index contributed by atoms with van der Waals surface area (Å²) in [6, 6.07) is 13.2. The molecule has 0 aliphatic heterocycles. The Hall–Kier alpha value is -3.15. The van der Waals surface area contributed by atoms with Crippen LogP contribution in [0.1, 0.15) is 25.0 Å². The standard InChI is InChI=1S/C22H26O6/c1-4-26-18-9-6-16(7-10-18)12-13-28-19-11-8-17(14-20(19)25-3)15-21(22(23)24)27-5-2/h6-11,14-15H,4-5,12-13H2,1-3H3,(H,23,24)/b21-15+. The van der Waals surface area contributed by atoms with Gasteiger partial charge in [0.15, 0.2) is 11.5 Å². The van der Waals surface area contributed by atoms with Gasteiger partial charge in [0.25, 0.3) is 0 Å². The Morgan fingerprint density at radius 1 is 1.00 bits per heavy atom. The first-order chi connectivity index (χ1) is 13.6. The summed E-state index contributed by atoms with van der Waals surface area (Å²) < 4.78 is 21.8. The fraction of sp³-hybridized carbons (Fsp3) is 0.318. The van der Waals surface area contributed by atoms with E-state index in [0.717, 1.165) is 17.7 Å². The average Bonchev–Trinajstić information content (AvgIpc) is 2.70. The molecule has 2 rings (SSSR count). The van der Waals surface area contributed by atoms with E-state index in [1.165, 1.54) is 6.08 Å². The molecule has 28 heavy (non-hydrogen) atoms. The van der Waals surface area contributed by atoms with Crippen LogP contribution in [0.4, 0.5) is 0 Å². The molecule has 0 amide bonds. The highest BCUT2D eigenvalue weighted by molar-refractivity contribution is 5.90. The number of hydrogen-bond donors (Lipinski definition) is 1. The maximum Gasteiger partial charge on any atom is 0.371 e. The van der Waals surface area contributed by atoms with Gasteiger partial charge < -0.3 is 24.1 Å². The molecule has 1 N–H and O–H groups in total. The van der Waals surface area contributed by atoms with Crippen molar-refractivity contribution in [2.45, 2.75) is 20.3 Å². The molecule has 150 valence electrons. The van der Waals surface area contributed by atoms with Crippen LogP contribution in [0.25, 0.3) is 6.08 Å². The highest BCUT2D eigenvalue weighted by Gasteiger charge is 2.10. The molecule has 6 heteroatoms. The predicted octanol–water partition coefficient (Wildman–Crippen LogP) is 4.18. The fourth-order valence-electron chi connectivity index (χ4n) is 2.56. The quantitative estimate of drug-likeness (QED) is 0.461. The second-order valence-corrected chi connectivity index (χ2v) is 5.83. The summed E-state index contributed by atoms with van der Waals surface area (Å²) in [5, 5.41) is 9.16. The molecule has 0 atom stereocenters. The third-order valence-corrected chi connectivity index (χ3v) is 3.88. The number of carboxylic acid groups (broad SMARTS) is 1. The van der Waals surface area contributed by atoms with E-state index in [1.54, 1.807) is 32.2 Å². The van der Waals surface area contributed by atoms with Gasteiger partial charge in [-0.25, -0.2) is 4.79 Å². The molecule has 2 aromatic carbocycles. The minimum absolute atomic E-state index is 0.117. The number of methoxy groups -OCH3 is 1. The Balaban J connectivity index is 2.01. The van der Waals surface area contributed by atoms with Crippen LogP contribution in [0.3, 0.4) is 0 Å². The van der Waals surface area contributed by atoms with E-state index >= 15 is 0 Å². The third-order valence-electron chi connectivity index (χ3n) is 3.88. The third kappa shape index (κ3) is 6.23. The van der Waals surface area contributed by atoms with Crippen molar-refractivity contribution in [2.75, 3.05) is 26.9 Å². The molecule has 0 fully saturated rings. The number of benzene rings is 2. The lowest BCUT2D eigenvalue weighted by atomic mass is 10.1. The van der Waals surface area contributed by atoms with Crippen molar-refractivity contribution in [1.29, 1.82) is 0 Å². The van der Waals surface area contributed by atoms with Crippen molar-refractivity contribution < 1.29 is 28.8 Å². The molecule has 6 nitrogen and oxygen atoms in total. The molecule has 0 saturated carbocycles. The van der Waals surface area contributed by atoms with Crippen molar-refractivity contribution in [3.8, 4) is 17.2 Å². The fourth-order valence-corrected chi connectivity index (χ4v) is 2.56. The van der Waals surface area contributed by atoms with E-state index in [2.05, 4.69) is 0 Å². The first-order valence-electron chi connectivity index (χ1n) is 9.17. The molecule has 0 bridgehead atoms. The van der Waals surface area contributed by atoms with Crippen LogP contribution in [0, 0.1) is 0 Å². The molecular weight excluding hydrogens is 360 g/mol. The molecule has 0 unspecified atom stereocenters. The molecule has 0 aliphatic carbocycles. The maximum absolute atomic E-state index is 11.2. The van der Waals surface area contributed by atoms with Gasteiger partial charge in [0.05, 0.1) is 26.9 Å².